The zero-order chi connectivity index (χ0) is 15.6. The van der Waals surface area contributed by atoms with E-state index < -0.39 is 16.8 Å². The summed E-state index contributed by atoms with van der Waals surface area (Å²) in [5.74, 6) is -1.48. The first-order valence-corrected chi connectivity index (χ1v) is 5.78. The van der Waals surface area contributed by atoms with Crippen LogP contribution in [-0.2, 0) is 0 Å². The topological polar surface area (TPSA) is 123 Å². The van der Waals surface area contributed by atoms with E-state index in [0.29, 0.717) is 5.76 Å². The molecule has 21 heavy (non-hydrogen) atoms. The lowest BCUT2D eigenvalue weighted by molar-refractivity contribution is -0.384. The van der Waals surface area contributed by atoms with Gasteiger partial charge in [-0.05, 0) is 25.1 Å². The van der Waals surface area contributed by atoms with Crippen LogP contribution in [0.5, 0.6) is 0 Å². The van der Waals surface area contributed by atoms with Crippen LogP contribution in [0.25, 0.3) is 0 Å². The third-order valence-corrected chi connectivity index (χ3v) is 2.66. The summed E-state index contributed by atoms with van der Waals surface area (Å²) >= 11 is 0. The highest BCUT2D eigenvalue weighted by atomic mass is 16.6. The first-order valence-electron chi connectivity index (χ1n) is 5.78. The molecule has 1 aromatic heterocycles. The SMILES string of the molecule is Cc1ccc(C(=O)Nc2ccc([N+](=O)[O-])cc2C(=O)O)o1. The molecule has 2 N–H and O–H groups in total. The van der Waals surface area contributed by atoms with Crippen molar-refractivity contribution >= 4 is 23.3 Å². The lowest BCUT2D eigenvalue weighted by atomic mass is 10.1. The number of benzene rings is 1. The number of carbonyl (C=O) groups is 2. The summed E-state index contributed by atoms with van der Waals surface area (Å²) in [6.07, 6.45) is 0. The number of hydrogen-bond acceptors (Lipinski definition) is 5. The lowest BCUT2D eigenvalue weighted by Crippen LogP contribution is -2.14. The zero-order valence-corrected chi connectivity index (χ0v) is 10.8. The molecule has 0 saturated carbocycles. The largest absolute Gasteiger partial charge is 0.478 e. The average molecular weight is 290 g/mol. The van der Waals surface area contributed by atoms with Crippen molar-refractivity contribution in [2.45, 2.75) is 6.92 Å². The minimum atomic E-state index is -1.38. The van der Waals surface area contributed by atoms with Crippen LogP contribution in [0.1, 0.15) is 26.7 Å². The maximum atomic E-state index is 11.9. The highest BCUT2D eigenvalue weighted by Crippen LogP contribution is 2.23. The molecule has 0 aliphatic carbocycles. The Morgan fingerprint density at radius 2 is 2.00 bits per heavy atom. The van der Waals surface area contributed by atoms with Gasteiger partial charge in [0.05, 0.1) is 16.2 Å². The quantitative estimate of drug-likeness (QED) is 0.658. The Bertz CT molecular complexity index is 734. The maximum Gasteiger partial charge on any atom is 0.338 e. The van der Waals surface area contributed by atoms with E-state index in [1.54, 1.807) is 13.0 Å². The number of carbonyl (C=O) groups excluding carboxylic acids is 1. The molecule has 0 atom stereocenters. The van der Waals surface area contributed by atoms with E-state index in [0.717, 1.165) is 18.2 Å². The second kappa shape index (κ2) is 5.45. The van der Waals surface area contributed by atoms with Crippen LogP contribution in [0.15, 0.2) is 34.7 Å². The zero-order valence-electron chi connectivity index (χ0n) is 10.8. The standard InChI is InChI=1S/C13H10N2O6/c1-7-2-5-11(21-7)12(16)14-10-4-3-8(15(19)20)6-9(10)13(17)18/h2-6H,1H3,(H,14,16)(H,17,18). The summed E-state index contributed by atoms with van der Waals surface area (Å²) in [5.41, 5.74) is -0.799. The van der Waals surface area contributed by atoms with Crippen molar-refractivity contribution in [3.63, 3.8) is 0 Å². The number of aryl methyl sites for hydroxylation is 1. The number of carboxylic acids is 1. The first kappa shape index (κ1) is 14.3. The first-order chi connectivity index (χ1) is 9.88. The molecular weight excluding hydrogens is 280 g/mol. The molecule has 0 fully saturated rings. The van der Waals surface area contributed by atoms with Crippen molar-refractivity contribution < 1.29 is 24.0 Å². The van der Waals surface area contributed by atoms with Gasteiger partial charge in [-0.15, -0.1) is 0 Å². The van der Waals surface area contributed by atoms with Crippen molar-refractivity contribution in [1.82, 2.24) is 0 Å². The molecule has 1 amide bonds. The normalized spacial score (nSPS) is 10.1. The van der Waals surface area contributed by atoms with Crippen LogP contribution in [0.4, 0.5) is 11.4 Å². The number of anilines is 1. The van der Waals surface area contributed by atoms with Gasteiger partial charge in [-0.3, -0.25) is 14.9 Å². The molecule has 1 heterocycles. The smallest absolute Gasteiger partial charge is 0.338 e. The molecule has 2 aromatic rings. The van der Waals surface area contributed by atoms with Crippen molar-refractivity contribution in [3.8, 4) is 0 Å². The highest BCUT2D eigenvalue weighted by Gasteiger charge is 2.19. The third-order valence-electron chi connectivity index (χ3n) is 2.66. The predicted molar refractivity (Wildman–Crippen MR) is 71.5 cm³/mol. The van der Waals surface area contributed by atoms with E-state index in [1.165, 1.54) is 6.07 Å². The van der Waals surface area contributed by atoms with E-state index in [-0.39, 0.29) is 22.7 Å². The number of aromatic carboxylic acids is 1. The van der Waals surface area contributed by atoms with Gasteiger partial charge in [-0.2, -0.15) is 0 Å². The van der Waals surface area contributed by atoms with Gasteiger partial charge < -0.3 is 14.8 Å². The molecule has 0 bridgehead atoms. The van der Waals surface area contributed by atoms with Gasteiger partial charge in [0.1, 0.15) is 5.76 Å². The van der Waals surface area contributed by atoms with E-state index >= 15 is 0 Å². The second-order valence-electron chi connectivity index (χ2n) is 4.16. The molecule has 1 aromatic carbocycles. The lowest BCUT2D eigenvalue weighted by Gasteiger charge is -2.07. The van der Waals surface area contributed by atoms with Crippen LogP contribution in [0, 0.1) is 17.0 Å². The Morgan fingerprint density at radius 1 is 1.29 bits per heavy atom. The Kier molecular flexibility index (Phi) is 3.70. The van der Waals surface area contributed by atoms with E-state index in [9.17, 15) is 19.7 Å². The molecule has 0 spiro atoms. The average Bonchev–Trinajstić information content (AvgIpc) is 2.85. The molecule has 108 valence electrons. The van der Waals surface area contributed by atoms with E-state index in [1.807, 2.05) is 0 Å². The molecule has 0 aliphatic rings. The van der Waals surface area contributed by atoms with Crippen molar-refractivity contribution in [2.75, 3.05) is 5.32 Å². The number of nitro benzene ring substituents is 1. The fourth-order valence-corrected chi connectivity index (χ4v) is 1.67. The summed E-state index contributed by atoms with van der Waals surface area (Å²) < 4.78 is 5.11. The predicted octanol–water partition coefficient (Wildman–Crippen LogP) is 2.45. The van der Waals surface area contributed by atoms with Crippen LogP contribution >= 0.6 is 0 Å². The third kappa shape index (κ3) is 3.06. The fourth-order valence-electron chi connectivity index (χ4n) is 1.67. The highest BCUT2D eigenvalue weighted by molar-refractivity contribution is 6.06. The van der Waals surface area contributed by atoms with Crippen molar-refractivity contribution in [1.29, 1.82) is 0 Å². The number of nitrogens with zero attached hydrogens (tertiary/aromatic N) is 1. The monoisotopic (exact) mass is 290 g/mol. The van der Waals surface area contributed by atoms with Gasteiger partial charge in [-0.25, -0.2) is 4.79 Å². The Hall–Kier alpha value is -3.16. The van der Waals surface area contributed by atoms with Crippen molar-refractivity contribution in [3.05, 3.63) is 57.5 Å². The Balaban J connectivity index is 2.33. The van der Waals surface area contributed by atoms with Gasteiger partial charge >= 0.3 is 5.97 Å². The summed E-state index contributed by atoms with van der Waals surface area (Å²) in [5, 5.41) is 22.1. The summed E-state index contributed by atoms with van der Waals surface area (Å²) in [4.78, 5) is 32.9. The van der Waals surface area contributed by atoms with Crippen LogP contribution in [-0.4, -0.2) is 21.9 Å². The minimum Gasteiger partial charge on any atom is -0.478 e. The number of hydrogen-bond donors (Lipinski definition) is 2. The minimum absolute atomic E-state index is 0.0159. The maximum absolute atomic E-state index is 11.9. The number of non-ortho nitro benzene ring substituents is 1. The van der Waals surface area contributed by atoms with Gasteiger partial charge in [0, 0.05) is 12.1 Å². The fraction of sp³-hybridized carbons (Fsp3) is 0.0769. The Labute approximate surface area is 118 Å². The Morgan fingerprint density at radius 3 is 2.52 bits per heavy atom. The molecule has 8 heteroatoms. The number of furan rings is 1. The van der Waals surface area contributed by atoms with E-state index in [4.69, 9.17) is 9.52 Å². The van der Waals surface area contributed by atoms with Crippen molar-refractivity contribution in [2.24, 2.45) is 0 Å². The van der Waals surface area contributed by atoms with Gasteiger partial charge in [0.15, 0.2) is 5.76 Å². The summed E-state index contributed by atoms with van der Waals surface area (Å²) in [6.45, 7) is 1.66. The molecule has 0 radical (unpaired) electrons. The number of carboxylic acid groups (broad SMARTS) is 1. The molecular formula is C13H10N2O6. The second-order valence-corrected chi connectivity index (χ2v) is 4.16. The number of amides is 1. The molecule has 8 nitrogen and oxygen atoms in total. The molecule has 0 unspecified atom stereocenters. The van der Waals surface area contributed by atoms with Gasteiger partial charge in [0.2, 0.25) is 0 Å². The number of nitro groups is 1. The summed E-state index contributed by atoms with van der Waals surface area (Å²) in [7, 11) is 0. The molecule has 0 aliphatic heterocycles. The van der Waals surface area contributed by atoms with E-state index in [2.05, 4.69) is 5.32 Å². The van der Waals surface area contributed by atoms with Crippen LogP contribution < -0.4 is 5.32 Å². The molecule has 0 saturated heterocycles. The molecule has 2 rings (SSSR count). The van der Waals surface area contributed by atoms with Gasteiger partial charge in [-0.1, -0.05) is 0 Å². The van der Waals surface area contributed by atoms with Crippen LogP contribution in [0.3, 0.4) is 0 Å². The summed E-state index contributed by atoms with van der Waals surface area (Å²) in [6, 6.07) is 6.18. The number of nitrogens with one attached hydrogen (secondary N) is 1. The number of rotatable bonds is 4. The van der Waals surface area contributed by atoms with Crippen LogP contribution in [0.2, 0.25) is 0 Å². The van der Waals surface area contributed by atoms with Gasteiger partial charge in [0.25, 0.3) is 11.6 Å².